The number of hydrogen-bond donors (Lipinski definition) is 2. The number of imidazole rings is 1. The van der Waals surface area contributed by atoms with E-state index in [9.17, 15) is 0 Å². The summed E-state index contributed by atoms with van der Waals surface area (Å²) in [5.74, 6) is 0.888. The molecule has 0 aromatic carbocycles. The third kappa shape index (κ3) is 3.71. The molecule has 1 aliphatic rings. The number of ether oxygens (including phenoxy) is 1. The zero-order valence-corrected chi connectivity index (χ0v) is 10.4. The molecule has 5 nitrogen and oxygen atoms in total. The highest BCUT2D eigenvalue weighted by Crippen LogP contribution is 2.19. The molecule has 0 spiro atoms. The van der Waals surface area contributed by atoms with Gasteiger partial charge in [-0.2, -0.15) is 0 Å². The Hall–Kier alpha value is -1.07. The van der Waals surface area contributed by atoms with Gasteiger partial charge in [-0.1, -0.05) is 0 Å². The standard InChI is InChI=1S/C12H22N4O/c1-16-8-6-14-12(16)15-7-9-17-11-4-2-10(13)3-5-11/h6,8,10-11H,2-5,7,9,13H2,1H3,(H,14,15). The van der Waals surface area contributed by atoms with Gasteiger partial charge in [0.15, 0.2) is 0 Å². The van der Waals surface area contributed by atoms with Gasteiger partial charge in [-0.15, -0.1) is 0 Å². The van der Waals surface area contributed by atoms with Crippen LogP contribution in [-0.4, -0.2) is 34.8 Å². The number of rotatable bonds is 5. The normalized spacial score (nSPS) is 24.8. The minimum atomic E-state index is 0.389. The minimum Gasteiger partial charge on any atom is -0.376 e. The lowest BCUT2D eigenvalue weighted by Crippen LogP contribution is -2.31. The third-order valence-corrected chi connectivity index (χ3v) is 3.28. The van der Waals surface area contributed by atoms with E-state index in [2.05, 4.69) is 10.3 Å². The van der Waals surface area contributed by atoms with E-state index >= 15 is 0 Å². The van der Waals surface area contributed by atoms with E-state index in [1.165, 1.54) is 0 Å². The molecule has 1 aromatic heterocycles. The fourth-order valence-electron chi connectivity index (χ4n) is 2.18. The molecule has 0 atom stereocenters. The number of nitrogens with zero attached hydrogens (tertiary/aromatic N) is 2. The van der Waals surface area contributed by atoms with Crippen LogP contribution in [-0.2, 0) is 11.8 Å². The van der Waals surface area contributed by atoms with Crippen molar-refractivity contribution in [2.45, 2.75) is 37.8 Å². The van der Waals surface area contributed by atoms with Crippen LogP contribution in [0.1, 0.15) is 25.7 Å². The van der Waals surface area contributed by atoms with Gasteiger partial charge in [0.25, 0.3) is 0 Å². The average Bonchev–Trinajstić information content (AvgIpc) is 2.73. The Bertz CT molecular complexity index is 331. The van der Waals surface area contributed by atoms with Crippen molar-refractivity contribution >= 4 is 5.95 Å². The lowest BCUT2D eigenvalue weighted by Gasteiger charge is -2.26. The highest BCUT2D eigenvalue weighted by Gasteiger charge is 2.18. The van der Waals surface area contributed by atoms with Crippen LogP contribution in [0.25, 0.3) is 0 Å². The van der Waals surface area contributed by atoms with Gasteiger partial charge in [0.2, 0.25) is 5.95 Å². The Morgan fingerprint density at radius 2 is 2.24 bits per heavy atom. The molecule has 5 heteroatoms. The van der Waals surface area contributed by atoms with E-state index in [0.29, 0.717) is 12.1 Å². The Labute approximate surface area is 102 Å². The van der Waals surface area contributed by atoms with Crippen molar-refractivity contribution in [2.24, 2.45) is 12.8 Å². The first-order valence-corrected chi connectivity index (χ1v) is 6.34. The second-order valence-corrected chi connectivity index (χ2v) is 4.70. The molecule has 0 bridgehead atoms. The van der Waals surface area contributed by atoms with Crippen LogP contribution in [0.3, 0.4) is 0 Å². The van der Waals surface area contributed by atoms with Crippen LogP contribution in [0, 0.1) is 0 Å². The van der Waals surface area contributed by atoms with Gasteiger partial charge in [0, 0.05) is 32.0 Å². The van der Waals surface area contributed by atoms with Crippen LogP contribution in [0.15, 0.2) is 12.4 Å². The van der Waals surface area contributed by atoms with Crippen molar-refractivity contribution in [3.8, 4) is 0 Å². The number of aryl methyl sites for hydroxylation is 1. The zero-order valence-electron chi connectivity index (χ0n) is 10.4. The van der Waals surface area contributed by atoms with Crippen molar-refractivity contribution in [2.75, 3.05) is 18.5 Å². The molecular weight excluding hydrogens is 216 g/mol. The first-order chi connectivity index (χ1) is 8.25. The molecule has 0 radical (unpaired) electrons. The van der Waals surface area contributed by atoms with E-state index in [1.54, 1.807) is 6.20 Å². The van der Waals surface area contributed by atoms with E-state index in [-0.39, 0.29) is 0 Å². The third-order valence-electron chi connectivity index (χ3n) is 3.28. The smallest absolute Gasteiger partial charge is 0.202 e. The maximum atomic E-state index is 5.85. The number of nitrogens with one attached hydrogen (secondary N) is 1. The Morgan fingerprint density at radius 3 is 2.88 bits per heavy atom. The van der Waals surface area contributed by atoms with Crippen LogP contribution in [0.2, 0.25) is 0 Å². The molecule has 1 heterocycles. The minimum absolute atomic E-state index is 0.389. The van der Waals surface area contributed by atoms with E-state index in [4.69, 9.17) is 10.5 Å². The lowest BCUT2D eigenvalue weighted by molar-refractivity contribution is 0.0312. The molecular formula is C12H22N4O. The van der Waals surface area contributed by atoms with Crippen LogP contribution in [0.4, 0.5) is 5.95 Å². The Morgan fingerprint density at radius 1 is 1.47 bits per heavy atom. The van der Waals surface area contributed by atoms with Crippen LogP contribution in [0.5, 0.6) is 0 Å². The molecule has 1 saturated carbocycles. The number of hydrogen-bond acceptors (Lipinski definition) is 4. The first-order valence-electron chi connectivity index (χ1n) is 6.34. The molecule has 1 fully saturated rings. The van der Waals surface area contributed by atoms with Crippen molar-refractivity contribution in [1.29, 1.82) is 0 Å². The maximum absolute atomic E-state index is 5.85. The Balaban J connectivity index is 1.59. The van der Waals surface area contributed by atoms with Gasteiger partial charge in [-0.05, 0) is 25.7 Å². The van der Waals surface area contributed by atoms with E-state index in [0.717, 1.165) is 44.8 Å². The van der Waals surface area contributed by atoms with Gasteiger partial charge in [-0.3, -0.25) is 0 Å². The maximum Gasteiger partial charge on any atom is 0.202 e. The molecule has 0 unspecified atom stereocenters. The molecule has 0 saturated heterocycles. The van der Waals surface area contributed by atoms with Crippen molar-refractivity contribution < 1.29 is 4.74 Å². The van der Waals surface area contributed by atoms with Crippen LogP contribution >= 0.6 is 0 Å². The van der Waals surface area contributed by atoms with Crippen molar-refractivity contribution in [1.82, 2.24) is 9.55 Å². The quantitative estimate of drug-likeness (QED) is 0.754. The first kappa shape index (κ1) is 12.4. The summed E-state index contributed by atoms with van der Waals surface area (Å²) >= 11 is 0. The number of aromatic nitrogens is 2. The molecule has 1 aliphatic carbocycles. The predicted molar refractivity (Wildman–Crippen MR) is 67.9 cm³/mol. The van der Waals surface area contributed by atoms with Gasteiger partial charge in [-0.25, -0.2) is 4.98 Å². The summed E-state index contributed by atoms with van der Waals surface area (Å²) in [6.07, 6.45) is 8.50. The molecule has 96 valence electrons. The summed E-state index contributed by atoms with van der Waals surface area (Å²) in [4.78, 5) is 4.19. The van der Waals surface area contributed by atoms with Gasteiger partial charge in [0.05, 0.1) is 12.7 Å². The second kappa shape index (κ2) is 6.02. The summed E-state index contributed by atoms with van der Waals surface area (Å²) in [7, 11) is 1.97. The van der Waals surface area contributed by atoms with E-state index < -0.39 is 0 Å². The van der Waals surface area contributed by atoms with Crippen molar-refractivity contribution in [3.05, 3.63) is 12.4 Å². The summed E-state index contributed by atoms with van der Waals surface area (Å²) in [6, 6.07) is 0.389. The summed E-state index contributed by atoms with van der Waals surface area (Å²) in [5.41, 5.74) is 5.85. The largest absolute Gasteiger partial charge is 0.376 e. The topological polar surface area (TPSA) is 65.1 Å². The predicted octanol–water partition coefficient (Wildman–Crippen LogP) is 1.12. The number of anilines is 1. The summed E-state index contributed by atoms with van der Waals surface area (Å²) < 4.78 is 7.77. The second-order valence-electron chi connectivity index (χ2n) is 4.70. The Kier molecular flexibility index (Phi) is 4.39. The molecule has 3 N–H and O–H groups in total. The van der Waals surface area contributed by atoms with Crippen molar-refractivity contribution in [3.63, 3.8) is 0 Å². The summed E-state index contributed by atoms with van der Waals surface area (Å²) in [6.45, 7) is 1.53. The van der Waals surface area contributed by atoms with Gasteiger partial charge < -0.3 is 20.4 Å². The highest BCUT2D eigenvalue weighted by atomic mass is 16.5. The molecule has 0 aliphatic heterocycles. The summed E-state index contributed by atoms with van der Waals surface area (Å²) in [5, 5.41) is 3.24. The van der Waals surface area contributed by atoms with E-state index in [1.807, 2.05) is 17.8 Å². The molecule has 17 heavy (non-hydrogen) atoms. The molecule has 0 amide bonds. The zero-order chi connectivity index (χ0) is 12.1. The molecule has 2 rings (SSSR count). The van der Waals surface area contributed by atoms with Gasteiger partial charge in [0.1, 0.15) is 0 Å². The van der Waals surface area contributed by atoms with Gasteiger partial charge >= 0.3 is 0 Å². The van der Waals surface area contributed by atoms with Crippen LogP contribution < -0.4 is 11.1 Å². The molecule has 1 aromatic rings. The lowest BCUT2D eigenvalue weighted by atomic mass is 9.94. The average molecular weight is 238 g/mol. The fraction of sp³-hybridized carbons (Fsp3) is 0.750. The highest BCUT2D eigenvalue weighted by molar-refractivity contribution is 5.24. The SMILES string of the molecule is Cn1ccnc1NCCOC1CCC(N)CC1. The fourth-order valence-corrected chi connectivity index (χ4v) is 2.18. The monoisotopic (exact) mass is 238 g/mol. The number of nitrogens with two attached hydrogens (primary N) is 1.